The zero-order chi connectivity index (χ0) is 14.7. The average Bonchev–Trinajstić information content (AvgIpc) is 2.40. The van der Waals surface area contributed by atoms with Gasteiger partial charge in [-0.2, -0.15) is 0 Å². The van der Waals surface area contributed by atoms with E-state index in [-0.39, 0.29) is 11.1 Å². The first-order valence-electron chi connectivity index (χ1n) is 6.16. The van der Waals surface area contributed by atoms with Crippen molar-refractivity contribution in [1.29, 1.82) is 0 Å². The first-order valence-corrected chi connectivity index (χ1v) is 6.96. The maximum atomic E-state index is 14.1. The molecule has 0 fully saturated rings. The zero-order valence-electron chi connectivity index (χ0n) is 10.8. The minimum absolute atomic E-state index is 0.0812. The lowest BCUT2D eigenvalue weighted by Gasteiger charge is -2.21. The summed E-state index contributed by atoms with van der Waals surface area (Å²) in [5.74, 6) is -1.61. The van der Waals surface area contributed by atoms with Gasteiger partial charge in [-0.1, -0.05) is 28.9 Å². The molecule has 2 aromatic carbocycles. The van der Waals surface area contributed by atoms with Crippen LogP contribution in [0, 0.1) is 17.5 Å². The first-order chi connectivity index (χ1) is 9.54. The van der Waals surface area contributed by atoms with Crippen molar-refractivity contribution in [2.45, 2.75) is 13.0 Å². The lowest BCUT2D eigenvalue weighted by molar-refractivity contribution is 0.521. The van der Waals surface area contributed by atoms with E-state index in [1.807, 2.05) is 6.92 Å². The summed E-state index contributed by atoms with van der Waals surface area (Å²) in [7, 11) is 0. The summed E-state index contributed by atoms with van der Waals surface area (Å²) in [6.45, 7) is 2.31. The minimum atomic E-state index is -0.758. The fraction of sp³-hybridized carbons (Fsp3) is 0.200. The monoisotopic (exact) mass is 343 g/mol. The molecule has 0 aliphatic heterocycles. The van der Waals surface area contributed by atoms with Crippen molar-refractivity contribution < 1.29 is 13.2 Å². The molecule has 2 rings (SSSR count). The van der Waals surface area contributed by atoms with Crippen LogP contribution in [0.3, 0.4) is 0 Å². The van der Waals surface area contributed by atoms with Crippen molar-refractivity contribution in [2.24, 2.45) is 0 Å². The van der Waals surface area contributed by atoms with Gasteiger partial charge in [0.2, 0.25) is 0 Å². The standard InChI is InChI=1S/C15H13BrF3N/c1-2-20-15(10-8-9(17)6-7-12(10)18)14-11(16)4-3-5-13(14)19/h3-8,15,20H,2H2,1H3. The van der Waals surface area contributed by atoms with E-state index in [0.717, 1.165) is 18.2 Å². The van der Waals surface area contributed by atoms with Crippen LogP contribution in [-0.4, -0.2) is 6.54 Å². The van der Waals surface area contributed by atoms with Gasteiger partial charge in [-0.15, -0.1) is 0 Å². The van der Waals surface area contributed by atoms with Crippen molar-refractivity contribution in [3.63, 3.8) is 0 Å². The molecule has 0 heterocycles. The molecule has 1 N–H and O–H groups in total. The average molecular weight is 344 g/mol. The van der Waals surface area contributed by atoms with Gasteiger partial charge in [-0.05, 0) is 36.9 Å². The van der Waals surface area contributed by atoms with Crippen molar-refractivity contribution in [3.05, 3.63) is 69.4 Å². The summed E-state index contributed by atoms with van der Waals surface area (Å²) in [5, 5.41) is 2.99. The van der Waals surface area contributed by atoms with E-state index in [2.05, 4.69) is 21.2 Å². The summed E-state index contributed by atoms with van der Waals surface area (Å²) in [6.07, 6.45) is 0. The third kappa shape index (κ3) is 3.04. The SMILES string of the molecule is CCNC(c1cc(F)ccc1F)c1c(F)cccc1Br. The highest BCUT2D eigenvalue weighted by Crippen LogP contribution is 2.32. The van der Waals surface area contributed by atoms with Crippen LogP contribution in [-0.2, 0) is 0 Å². The highest BCUT2D eigenvalue weighted by molar-refractivity contribution is 9.10. The molecule has 0 aliphatic carbocycles. The van der Waals surface area contributed by atoms with Crippen LogP contribution in [0.2, 0.25) is 0 Å². The lowest BCUT2D eigenvalue weighted by atomic mass is 9.97. The molecule has 0 saturated heterocycles. The predicted molar refractivity (Wildman–Crippen MR) is 76.0 cm³/mol. The molecule has 0 amide bonds. The van der Waals surface area contributed by atoms with Gasteiger partial charge in [0.25, 0.3) is 0 Å². The van der Waals surface area contributed by atoms with Gasteiger partial charge in [0.05, 0.1) is 6.04 Å². The number of benzene rings is 2. The second kappa shape index (κ2) is 6.41. The highest BCUT2D eigenvalue weighted by atomic mass is 79.9. The Morgan fingerprint density at radius 2 is 1.85 bits per heavy atom. The molecule has 1 unspecified atom stereocenters. The van der Waals surface area contributed by atoms with E-state index in [4.69, 9.17) is 0 Å². The molecule has 0 bridgehead atoms. The van der Waals surface area contributed by atoms with Crippen molar-refractivity contribution >= 4 is 15.9 Å². The summed E-state index contributed by atoms with van der Waals surface area (Å²) in [4.78, 5) is 0. The Hall–Kier alpha value is -1.33. The van der Waals surface area contributed by atoms with E-state index in [1.165, 1.54) is 6.07 Å². The molecule has 0 radical (unpaired) electrons. The van der Waals surface area contributed by atoms with Gasteiger partial charge in [-0.3, -0.25) is 0 Å². The molecule has 2 aromatic rings. The van der Waals surface area contributed by atoms with Crippen LogP contribution in [0.15, 0.2) is 40.9 Å². The molecule has 5 heteroatoms. The van der Waals surface area contributed by atoms with E-state index < -0.39 is 23.5 Å². The van der Waals surface area contributed by atoms with Crippen molar-refractivity contribution in [3.8, 4) is 0 Å². The maximum absolute atomic E-state index is 14.1. The van der Waals surface area contributed by atoms with Crippen molar-refractivity contribution in [2.75, 3.05) is 6.54 Å². The van der Waals surface area contributed by atoms with Gasteiger partial charge in [-0.25, -0.2) is 13.2 Å². The Bertz CT molecular complexity index is 596. The molecule has 20 heavy (non-hydrogen) atoms. The summed E-state index contributed by atoms with van der Waals surface area (Å²) in [6, 6.07) is 6.92. The van der Waals surface area contributed by atoms with E-state index in [1.54, 1.807) is 12.1 Å². The molecule has 1 nitrogen and oxygen atoms in total. The molecule has 0 aliphatic rings. The second-order valence-corrected chi connectivity index (χ2v) is 5.15. The summed E-state index contributed by atoms with van der Waals surface area (Å²) >= 11 is 3.26. The van der Waals surface area contributed by atoms with Crippen LogP contribution < -0.4 is 5.32 Å². The molecule has 0 saturated carbocycles. The van der Waals surface area contributed by atoms with E-state index in [0.29, 0.717) is 11.0 Å². The van der Waals surface area contributed by atoms with Gasteiger partial charge < -0.3 is 5.32 Å². The van der Waals surface area contributed by atoms with Crippen LogP contribution in [0.1, 0.15) is 24.1 Å². The lowest BCUT2D eigenvalue weighted by Crippen LogP contribution is -2.24. The molecule has 0 spiro atoms. The second-order valence-electron chi connectivity index (χ2n) is 4.29. The van der Waals surface area contributed by atoms with Crippen LogP contribution in [0.4, 0.5) is 13.2 Å². The Morgan fingerprint density at radius 1 is 1.10 bits per heavy atom. The highest BCUT2D eigenvalue weighted by Gasteiger charge is 2.23. The number of hydrogen-bond acceptors (Lipinski definition) is 1. The van der Waals surface area contributed by atoms with Gasteiger partial charge in [0, 0.05) is 15.6 Å². The zero-order valence-corrected chi connectivity index (χ0v) is 12.3. The fourth-order valence-electron chi connectivity index (χ4n) is 2.09. The maximum Gasteiger partial charge on any atom is 0.129 e. The van der Waals surface area contributed by atoms with E-state index in [9.17, 15) is 13.2 Å². The first kappa shape index (κ1) is 15.1. The molecular formula is C15H13BrF3N. The topological polar surface area (TPSA) is 12.0 Å². The van der Waals surface area contributed by atoms with Crippen molar-refractivity contribution in [1.82, 2.24) is 5.32 Å². The smallest absolute Gasteiger partial charge is 0.129 e. The molecule has 106 valence electrons. The largest absolute Gasteiger partial charge is 0.306 e. The van der Waals surface area contributed by atoms with Crippen LogP contribution in [0.5, 0.6) is 0 Å². The fourth-order valence-corrected chi connectivity index (χ4v) is 2.66. The predicted octanol–water partition coefficient (Wildman–Crippen LogP) is 4.57. The normalized spacial score (nSPS) is 12.4. The molecule has 0 aromatic heterocycles. The summed E-state index contributed by atoms with van der Waals surface area (Å²) in [5.41, 5.74) is 0.344. The summed E-state index contributed by atoms with van der Waals surface area (Å²) < 4.78 is 41.9. The number of hydrogen-bond donors (Lipinski definition) is 1. The van der Waals surface area contributed by atoms with Gasteiger partial charge >= 0.3 is 0 Å². The van der Waals surface area contributed by atoms with Gasteiger partial charge in [0.15, 0.2) is 0 Å². The van der Waals surface area contributed by atoms with E-state index >= 15 is 0 Å². The quantitative estimate of drug-likeness (QED) is 0.857. The Morgan fingerprint density at radius 3 is 2.50 bits per heavy atom. The van der Waals surface area contributed by atoms with Crippen LogP contribution in [0.25, 0.3) is 0 Å². The third-order valence-corrected chi connectivity index (χ3v) is 3.66. The molecular weight excluding hydrogens is 331 g/mol. The Balaban J connectivity index is 2.59. The molecule has 1 atom stereocenters. The Kier molecular flexibility index (Phi) is 4.83. The number of rotatable bonds is 4. The third-order valence-electron chi connectivity index (χ3n) is 2.97. The Labute approximate surface area is 123 Å². The number of nitrogens with one attached hydrogen (secondary N) is 1. The minimum Gasteiger partial charge on any atom is -0.306 e. The van der Waals surface area contributed by atoms with Crippen LogP contribution >= 0.6 is 15.9 Å². The number of halogens is 4. The van der Waals surface area contributed by atoms with Gasteiger partial charge in [0.1, 0.15) is 17.5 Å².